The first kappa shape index (κ1) is 16.9. The highest BCUT2D eigenvalue weighted by atomic mass is 19.1. The summed E-state index contributed by atoms with van der Waals surface area (Å²) in [5.41, 5.74) is 0.269. The molecule has 1 aliphatic rings. The number of hydrogen-bond acceptors (Lipinski definition) is 5. The van der Waals surface area contributed by atoms with Gasteiger partial charge in [0.25, 0.3) is 5.91 Å². The minimum atomic E-state index is -1.62. The number of halogens is 1. The number of carbonyl (C=O) groups is 3. The molecule has 2 atom stereocenters. The Balaban J connectivity index is 1.84. The molecule has 2 heterocycles. The first-order valence-electron chi connectivity index (χ1n) is 7.64. The van der Waals surface area contributed by atoms with Crippen molar-refractivity contribution >= 4 is 17.5 Å². The molecule has 1 saturated heterocycles. The zero-order valence-corrected chi connectivity index (χ0v) is 13.7. The van der Waals surface area contributed by atoms with Gasteiger partial charge < -0.3 is 14.1 Å². The molecule has 0 bridgehead atoms. The average Bonchev–Trinajstić information content (AvgIpc) is 3.22. The van der Waals surface area contributed by atoms with Gasteiger partial charge >= 0.3 is 0 Å². The third-order valence-corrected chi connectivity index (χ3v) is 4.18. The molecule has 1 fully saturated rings. The van der Waals surface area contributed by atoms with Gasteiger partial charge in [-0.1, -0.05) is 18.2 Å². The number of nitrogens with zero attached hydrogens (tertiary/aromatic N) is 1. The molecular weight excluding hydrogens is 329 g/mol. The molecule has 25 heavy (non-hydrogen) atoms. The molecule has 0 saturated carbocycles. The Kier molecular flexibility index (Phi) is 4.39. The molecule has 1 aliphatic heterocycles. The summed E-state index contributed by atoms with van der Waals surface area (Å²) in [5, 5.41) is 0. The number of rotatable bonds is 5. The Morgan fingerprint density at radius 2 is 2.00 bits per heavy atom. The minimum absolute atomic E-state index is 0.00189. The molecule has 0 N–H and O–H groups in total. The molecule has 0 spiro atoms. The number of hydrogen-bond donors (Lipinski definition) is 0. The SMILES string of the molecule is COc1ccccc1C(F)c1ccc(C(=O)C2CN(C)C(=O)C2=O)o1. The number of likely N-dealkylation sites (tertiary alicyclic amines) is 1. The second-order valence-electron chi connectivity index (χ2n) is 5.77. The second-order valence-corrected chi connectivity index (χ2v) is 5.77. The van der Waals surface area contributed by atoms with Gasteiger partial charge in [0, 0.05) is 19.2 Å². The summed E-state index contributed by atoms with van der Waals surface area (Å²) in [4.78, 5) is 37.0. The van der Waals surface area contributed by atoms with E-state index in [1.54, 1.807) is 24.3 Å². The van der Waals surface area contributed by atoms with Crippen LogP contribution >= 0.6 is 0 Å². The summed E-state index contributed by atoms with van der Waals surface area (Å²) < 4.78 is 25.2. The van der Waals surface area contributed by atoms with Crippen LogP contribution in [0.1, 0.15) is 28.1 Å². The van der Waals surface area contributed by atoms with Crippen LogP contribution in [0.4, 0.5) is 4.39 Å². The van der Waals surface area contributed by atoms with Crippen molar-refractivity contribution in [2.75, 3.05) is 20.7 Å². The third kappa shape index (κ3) is 2.93. The number of amides is 1. The van der Waals surface area contributed by atoms with Gasteiger partial charge in [-0.2, -0.15) is 0 Å². The van der Waals surface area contributed by atoms with Gasteiger partial charge in [0.2, 0.25) is 11.6 Å². The lowest BCUT2D eigenvalue weighted by Crippen LogP contribution is -2.23. The predicted octanol–water partition coefficient (Wildman–Crippen LogP) is 2.19. The number of furan rings is 1. The first-order chi connectivity index (χ1) is 11.9. The van der Waals surface area contributed by atoms with E-state index in [1.165, 1.54) is 31.2 Å². The molecule has 1 aromatic carbocycles. The maximum atomic E-state index is 14.8. The van der Waals surface area contributed by atoms with Crippen molar-refractivity contribution in [3.63, 3.8) is 0 Å². The van der Waals surface area contributed by atoms with Crippen molar-refractivity contribution in [3.05, 3.63) is 53.5 Å². The van der Waals surface area contributed by atoms with Crippen LogP contribution < -0.4 is 4.74 Å². The Morgan fingerprint density at radius 1 is 1.28 bits per heavy atom. The Labute approximate surface area is 143 Å². The van der Waals surface area contributed by atoms with E-state index in [0.29, 0.717) is 5.75 Å². The zero-order valence-electron chi connectivity index (χ0n) is 13.7. The third-order valence-electron chi connectivity index (χ3n) is 4.18. The van der Waals surface area contributed by atoms with Crippen molar-refractivity contribution in [1.82, 2.24) is 4.90 Å². The van der Waals surface area contributed by atoms with E-state index >= 15 is 0 Å². The predicted molar refractivity (Wildman–Crippen MR) is 85.1 cm³/mol. The molecule has 0 aliphatic carbocycles. The molecule has 1 aromatic heterocycles. The van der Waals surface area contributed by atoms with Gasteiger partial charge in [0.1, 0.15) is 17.4 Å². The molecular formula is C18H16FNO5. The number of alkyl halides is 1. The van der Waals surface area contributed by atoms with Gasteiger partial charge in [-0.05, 0) is 18.2 Å². The fourth-order valence-electron chi connectivity index (χ4n) is 2.80. The summed E-state index contributed by atoms with van der Waals surface area (Å²) in [6, 6.07) is 9.21. The van der Waals surface area contributed by atoms with E-state index in [4.69, 9.17) is 9.15 Å². The van der Waals surface area contributed by atoms with Crippen molar-refractivity contribution < 1.29 is 27.9 Å². The monoisotopic (exact) mass is 345 g/mol. The minimum Gasteiger partial charge on any atom is -0.496 e. The summed E-state index contributed by atoms with van der Waals surface area (Å²) in [6.45, 7) is -0.00189. The zero-order chi connectivity index (χ0) is 18.1. The lowest BCUT2D eigenvalue weighted by Gasteiger charge is -2.10. The smallest absolute Gasteiger partial charge is 0.290 e. The van der Waals surface area contributed by atoms with Crippen LogP contribution in [-0.2, 0) is 9.59 Å². The summed E-state index contributed by atoms with van der Waals surface area (Å²) in [5.74, 6) is -3.07. The van der Waals surface area contributed by atoms with Gasteiger partial charge in [0.05, 0.1) is 7.11 Å². The maximum absolute atomic E-state index is 14.8. The first-order valence-corrected chi connectivity index (χ1v) is 7.64. The standard InChI is InChI=1S/C18H16FNO5/c1-20-9-11(17(22)18(20)23)16(21)14-8-7-13(25-14)15(19)10-5-3-4-6-12(10)24-2/h3-8,11,15H,9H2,1-2H3. The molecule has 2 aromatic rings. The van der Waals surface area contributed by atoms with Crippen molar-refractivity contribution in [2.45, 2.75) is 6.17 Å². The topological polar surface area (TPSA) is 76.8 Å². The fourth-order valence-corrected chi connectivity index (χ4v) is 2.80. The summed E-state index contributed by atoms with van der Waals surface area (Å²) in [7, 11) is 2.88. The van der Waals surface area contributed by atoms with E-state index in [-0.39, 0.29) is 23.6 Å². The molecule has 6 nitrogen and oxygen atoms in total. The van der Waals surface area contributed by atoms with Crippen LogP contribution in [0.15, 0.2) is 40.8 Å². The lowest BCUT2D eigenvalue weighted by molar-refractivity contribution is -0.139. The Bertz CT molecular complexity index is 843. The van der Waals surface area contributed by atoms with E-state index < -0.39 is 29.6 Å². The number of methoxy groups -OCH3 is 1. The van der Waals surface area contributed by atoms with Crippen LogP contribution in [0.2, 0.25) is 0 Å². The number of ketones is 2. The number of ether oxygens (including phenoxy) is 1. The number of carbonyl (C=O) groups excluding carboxylic acids is 3. The number of benzene rings is 1. The molecule has 3 rings (SSSR count). The van der Waals surface area contributed by atoms with E-state index in [1.807, 2.05) is 0 Å². The normalized spacial score (nSPS) is 18.5. The van der Waals surface area contributed by atoms with Gasteiger partial charge in [-0.3, -0.25) is 14.4 Å². The average molecular weight is 345 g/mol. The van der Waals surface area contributed by atoms with Crippen LogP contribution in [0, 0.1) is 5.92 Å². The Hall–Kier alpha value is -2.96. The van der Waals surface area contributed by atoms with Crippen molar-refractivity contribution in [3.8, 4) is 5.75 Å². The molecule has 1 amide bonds. The molecule has 130 valence electrons. The number of para-hydroxylation sites is 1. The van der Waals surface area contributed by atoms with Crippen LogP contribution in [-0.4, -0.2) is 43.1 Å². The maximum Gasteiger partial charge on any atom is 0.290 e. The van der Waals surface area contributed by atoms with E-state index in [0.717, 1.165) is 0 Å². The highest BCUT2D eigenvalue weighted by molar-refractivity contribution is 6.43. The summed E-state index contributed by atoms with van der Waals surface area (Å²) in [6.07, 6.45) is -1.62. The van der Waals surface area contributed by atoms with Gasteiger partial charge in [-0.25, -0.2) is 4.39 Å². The largest absolute Gasteiger partial charge is 0.496 e. The van der Waals surface area contributed by atoms with Crippen LogP contribution in [0.25, 0.3) is 0 Å². The molecule has 0 radical (unpaired) electrons. The van der Waals surface area contributed by atoms with E-state index in [9.17, 15) is 18.8 Å². The van der Waals surface area contributed by atoms with Crippen molar-refractivity contribution in [1.29, 1.82) is 0 Å². The summed E-state index contributed by atoms with van der Waals surface area (Å²) >= 11 is 0. The van der Waals surface area contributed by atoms with E-state index in [2.05, 4.69) is 0 Å². The van der Waals surface area contributed by atoms with Gasteiger partial charge in [-0.15, -0.1) is 0 Å². The fraction of sp³-hybridized carbons (Fsp3) is 0.278. The Morgan fingerprint density at radius 3 is 2.64 bits per heavy atom. The number of likely N-dealkylation sites (N-methyl/N-ethyl adjacent to an activating group) is 1. The van der Waals surface area contributed by atoms with Gasteiger partial charge in [0.15, 0.2) is 11.9 Å². The van der Waals surface area contributed by atoms with Crippen molar-refractivity contribution in [2.24, 2.45) is 5.92 Å². The quantitative estimate of drug-likeness (QED) is 0.472. The number of Topliss-reactive ketones (excluding diaryl/α,β-unsaturated/α-hetero) is 2. The van der Waals surface area contributed by atoms with Crippen LogP contribution in [0.3, 0.4) is 0 Å². The highest BCUT2D eigenvalue weighted by Gasteiger charge is 2.42. The molecule has 2 unspecified atom stereocenters. The molecule has 7 heteroatoms. The second kappa shape index (κ2) is 6.51. The highest BCUT2D eigenvalue weighted by Crippen LogP contribution is 2.34. The van der Waals surface area contributed by atoms with Crippen LogP contribution in [0.5, 0.6) is 5.75 Å². The lowest BCUT2D eigenvalue weighted by atomic mass is 10.0.